The fraction of sp³-hybridized carbons (Fsp3) is 0.429. The van der Waals surface area contributed by atoms with E-state index in [1.165, 1.54) is 11.3 Å². The third-order valence-corrected chi connectivity index (χ3v) is 6.08. The number of fused-ring (bicyclic) bond motifs is 1. The van der Waals surface area contributed by atoms with E-state index in [-0.39, 0.29) is 17.4 Å². The van der Waals surface area contributed by atoms with Crippen molar-refractivity contribution in [3.05, 3.63) is 41.6 Å². The van der Waals surface area contributed by atoms with Crippen LogP contribution < -0.4 is 5.32 Å². The quantitative estimate of drug-likeness (QED) is 0.696. The largest absolute Gasteiger partial charge is 0.335 e. The van der Waals surface area contributed by atoms with Crippen molar-refractivity contribution in [2.75, 3.05) is 38.5 Å². The first-order valence-corrected chi connectivity index (χ1v) is 10.8. The van der Waals surface area contributed by atoms with Crippen LogP contribution in [-0.2, 0) is 5.54 Å². The van der Waals surface area contributed by atoms with Crippen LogP contribution in [0.4, 0.5) is 5.13 Å². The first kappa shape index (κ1) is 20.5. The van der Waals surface area contributed by atoms with Crippen LogP contribution in [-0.4, -0.2) is 69.6 Å². The number of thiazole rings is 1. The van der Waals surface area contributed by atoms with Gasteiger partial charge in [0.25, 0.3) is 11.8 Å². The smallest absolute Gasteiger partial charge is 0.276 e. The number of likely N-dealkylation sites (N-methyl/N-ethyl adjacent to an activating group) is 1. The lowest BCUT2D eigenvalue weighted by Crippen LogP contribution is -2.47. The molecule has 0 atom stereocenters. The summed E-state index contributed by atoms with van der Waals surface area (Å²) in [5, 5.41) is 7.96. The second-order valence-electron chi connectivity index (χ2n) is 8.52. The number of hydrogen-bond acceptors (Lipinski definition) is 6. The predicted octanol–water partition coefficient (Wildman–Crippen LogP) is 2.89. The minimum atomic E-state index is -0.353. The van der Waals surface area contributed by atoms with Gasteiger partial charge in [0.05, 0.1) is 5.54 Å². The lowest BCUT2D eigenvalue weighted by Gasteiger charge is -2.32. The average molecular weight is 427 g/mol. The predicted molar refractivity (Wildman–Crippen MR) is 118 cm³/mol. The van der Waals surface area contributed by atoms with Gasteiger partial charge in [-0.2, -0.15) is 10.1 Å². The molecule has 9 heteroatoms. The monoisotopic (exact) mass is 426 g/mol. The topological polar surface area (TPSA) is 83.4 Å². The molecule has 0 radical (unpaired) electrons. The molecule has 0 saturated carbocycles. The lowest BCUT2D eigenvalue weighted by molar-refractivity contribution is 0.0658. The average Bonchev–Trinajstić information content (AvgIpc) is 3.26. The molecule has 0 bridgehead atoms. The number of carbonyl (C=O) groups is 2. The molecule has 1 saturated heterocycles. The maximum atomic E-state index is 13.2. The highest BCUT2D eigenvalue weighted by molar-refractivity contribution is 7.22. The SMILES string of the molecule is CN1CCN(C(=O)c2nn(C(C)(C)C)c3nc(NC(=O)c4ccccc4)sc23)CC1. The van der Waals surface area contributed by atoms with Gasteiger partial charge in [0.1, 0.15) is 4.70 Å². The van der Waals surface area contributed by atoms with Crippen molar-refractivity contribution in [3.8, 4) is 0 Å². The summed E-state index contributed by atoms with van der Waals surface area (Å²) in [7, 11) is 2.05. The first-order valence-electron chi connectivity index (χ1n) is 9.98. The van der Waals surface area contributed by atoms with Crippen molar-refractivity contribution < 1.29 is 9.59 Å². The van der Waals surface area contributed by atoms with Gasteiger partial charge in [-0.15, -0.1) is 0 Å². The fourth-order valence-corrected chi connectivity index (χ4v) is 4.30. The highest BCUT2D eigenvalue weighted by atomic mass is 32.1. The Bertz CT molecular complexity index is 1070. The maximum absolute atomic E-state index is 13.2. The number of anilines is 1. The van der Waals surface area contributed by atoms with E-state index in [1.54, 1.807) is 16.8 Å². The number of nitrogens with one attached hydrogen (secondary N) is 1. The Kier molecular flexibility index (Phi) is 5.33. The minimum Gasteiger partial charge on any atom is -0.335 e. The Hall–Kier alpha value is -2.78. The fourth-order valence-electron chi connectivity index (χ4n) is 3.38. The summed E-state index contributed by atoms with van der Waals surface area (Å²) in [6.45, 7) is 9.10. The van der Waals surface area contributed by atoms with Crippen LogP contribution in [0.1, 0.15) is 41.6 Å². The van der Waals surface area contributed by atoms with Crippen LogP contribution in [0.25, 0.3) is 10.3 Å². The van der Waals surface area contributed by atoms with Gasteiger partial charge in [0.2, 0.25) is 0 Å². The van der Waals surface area contributed by atoms with Gasteiger partial charge in [-0.1, -0.05) is 29.5 Å². The number of amides is 2. The van der Waals surface area contributed by atoms with E-state index in [2.05, 4.69) is 27.3 Å². The summed E-state index contributed by atoms with van der Waals surface area (Å²) >= 11 is 1.29. The number of nitrogens with zero attached hydrogens (tertiary/aromatic N) is 5. The van der Waals surface area contributed by atoms with Gasteiger partial charge >= 0.3 is 0 Å². The Labute approximate surface area is 179 Å². The van der Waals surface area contributed by atoms with Crippen molar-refractivity contribution >= 4 is 38.6 Å². The molecule has 30 heavy (non-hydrogen) atoms. The summed E-state index contributed by atoms with van der Waals surface area (Å²) in [6, 6.07) is 9.00. The zero-order valence-electron chi connectivity index (χ0n) is 17.7. The second-order valence-corrected chi connectivity index (χ2v) is 9.52. The summed E-state index contributed by atoms with van der Waals surface area (Å²) < 4.78 is 2.48. The Morgan fingerprint density at radius 1 is 1.07 bits per heavy atom. The maximum Gasteiger partial charge on any atom is 0.276 e. The number of rotatable bonds is 3. The van der Waals surface area contributed by atoms with Crippen molar-refractivity contribution in [1.29, 1.82) is 0 Å². The minimum absolute atomic E-state index is 0.0827. The van der Waals surface area contributed by atoms with Gasteiger partial charge in [-0.3, -0.25) is 14.9 Å². The Morgan fingerprint density at radius 2 is 1.73 bits per heavy atom. The van der Waals surface area contributed by atoms with E-state index >= 15 is 0 Å². The number of carbonyl (C=O) groups excluding carboxylic acids is 2. The summed E-state index contributed by atoms with van der Waals surface area (Å²) in [5.41, 5.74) is 1.23. The summed E-state index contributed by atoms with van der Waals surface area (Å²) in [5.74, 6) is -0.310. The molecule has 1 fully saturated rings. The highest BCUT2D eigenvalue weighted by Crippen LogP contribution is 2.33. The normalized spacial score (nSPS) is 15.5. The molecule has 8 nitrogen and oxygen atoms in total. The Morgan fingerprint density at radius 3 is 2.37 bits per heavy atom. The zero-order valence-corrected chi connectivity index (χ0v) is 18.5. The van der Waals surface area contributed by atoms with Gasteiger partial charge in [0, 0.05) is 31.7 Å². The van der Waals surface area contributed by atoms with E-state index in [4.69, 9.17) is 0 Å². The van der Waals surface area contributed by atoms with Gasteiger partial charge < -0.3 is 9.80 Å². The molecule has 1 N–H and O–H groups in total. The van der Waals surface area contributed by atoms with E-state index in [9.17, 15) is 9.59 Å². The van der Waals surface area contributed by atoms with Gasteiger partial charge in [-0.05, 0) is 40.0 Å². The molecule has 1 aromatic carbocycles. The number of aromatic nitrogens is 3. The second kappa shape index (κ2) is 7.81. The third-order valence-electron chi connectivity index (χ3n) is 5.11. The molecule has 2 amide bonds. The molecule has 3 aromatic rings. The molecule has 0 spiro atoms. The number of hydrogen-bond donors (Lipinski definition) is 1. The van der Waals surface area contributed by atoms with Crippen LogP contribution in [0, 0.1) is 0 Å². The molecule has 2 aromatic heterocycles. The van der Waals surface area contributed by atoms with Crippen molar-refractivity contribution in [3.63, 3.8) is 0 Å². The molecule has 158 valence electrons. The molecular formula is C21H26N6O2S. The first-order chi connectivity index (χ1) is 14.2. The van der Waals surface area contributed by atoms with Gasteiger partial charge in [-0.25, -0.2) is 4.68 Å². The third kappa shape index (κ3) is 3.95. The van der Waals surface area contributed by atoms with E-state index < -0.39 is 0 Å². The number of piperazine rings is 1. The summed E-state index contributed by atoms with van der Waals surface area (Å²) in [6.07, 6.45) is 0. The standard InChI is InChI=1S/C21H26N6O2S/c1-21(2,3)27-17-16(15(24-27)19(29)26-12-10-25(4)11-13-26)30-20(22-17)23-18(28)14-8-6-5-7-9-14/h5-9H,10-13H2,1-4H3,(H,22,23,28). The van der Waals surface area contributed by atoms with E-state index in [1.807, 2.05) is 43.9 Å². The van der Waals surface area contributed by atoms with Crippen molar-refractivity contribution in [2.45, 2.75) is 26.3 Å². The van der Waals surface area contributed by atoms with Crippen LogP contribution in [0.5, 0.6) is 0 Å². The number of benzene rings is 1. The van der Waals surface area contributed by atoms with Crippen LogP contribution in [0.2, 0.25) is 0 Å². The van der Waals surface area contributed by atoms with E-state index in [0.29, 0.717) is 39.8 Å². The van der Waals surface area contributed by atoms with Crippen LogP contribution in [0.15, 0.2) is 30.3 Å². The molecule has 1 aliphatic rings. The molecule has 1 aliphatic heterocycles. The van der Waals surface area contributed by atoms with Crippen LogP contribution in [0.3, 0.4) is 0 Å². The molecule has 4 rings (SSSR count). The molecule has 3 heterocycles. The van der Waals surface area contributed by atoms with Crippen molar-refractivity contribution in [1.82, 2.24) is 24.6 Å². The molecule has 0 aliphatic carbocycles. The highest BCUT2D eigenvalue weighted by Gasteiger charge is 2.30. The zero-order chi connectivity index (χ0) is 21.5. The summed E-state index contributed by atoms with van der Waals surface area (Å²) in [4.78, 5) is 34.4. The van der Waals surface area contributed by atoms with Crippen LogP contribution >= 0.6 is 11.3 Å². The Balaban J connectivity index is 1.69. The van der Waals surface area contributed by atoms with Crippen molar-refractivity contribution in [2.24, 2.45) is 0 Å². The molecule has 0 unspecified atom stereocenters. The van der Waals surface area contributed by atoms with E-state index in [0.717, 1.165) is 13.1 Å². The van der Waals surface area contributed by atoms with Gasteiger partial charge in [0.15, 0.2) is 16.5 Å². The molecular weight excluding hydrogens is 400 g/mol. The lowest BCUT2D eigenvalue weighted by atomic mass is 10.1.